The first-order valence-electron chi connectivity index (χ1n) is 7.86. The summed E-state index contributed by atoms with van der Waals surface area (Å²) < 4.78 is 11.6. The lowest BCUT2D eigenvalue weighted by Gasteiger charge is -2.16. The maximum Gasteiger partial charge on any atom is 0.250 e. The molecule has 0 unspecified atom stereocenters. The van der Waals surface area contributed by atoms with Crippen LogP contribution in [0.5, 0.6) is 11.5 Å². The van der Waals surface area contributed by atoms with Gasteiger partial charge in [0.25, 0.3) is 5.91 Å². The number of methoxy groups -OCH3 is 1. The molecule has 1 amide bonds. The maximum absolute atomic E-state index is 12.4. The molecule has 0 saturated carbocycles. The van der Waals surface area contributed by atoms with Crippen LogP contribution in [-0.4, -0.2) is 26.7 Å². The average Bonchev–Trinajstić information content (AvgIpc) is 2.66. The van der Waals surface area contributed by atoms with Crippen molar-refractivity contribution in [2.24, 2.45) is 0 Å². The number of carbonyl (C=O) groups excluding carboxylic acids is 1. The number of hydrogen-bond donors (Lipinski definition) is 0. The van der Waals surface area contributed by atoms with Crippen molar-refractivity contribution in [2.75, 3.05) is 25.7 Å². The van der Waals surface area contributed by atoms with Crippen molar-refractivity contribution in [3.63, 3.8) is 0 Å². The number of halogens is 1. The third-order valence-corrected chi connectivity index (χ3v) is 4.65. The quantitative estimate of drug-likeness (QED) is 0.659. The summed E-state index contributed by atoms with van der Waals surface area (Å²) in [4.78, 5) is 14.0. The topological polar surface area (TPSA) is 62.6 Å². The Morgan fingerprint density at radius 2 is 2.04 bits per heavy atom. The summed E-state index contributed by atoms with van der Waals surface area (Å²) in [5.41, 5.74) is 2.67. The van der Waals surface area contributed by atoms with Gasteiger partial charge in [0.2, 0.25) is 0 Å². The van der Waals surface area contributed by atoms with Crippen molar-refractivity contribution in [3.8, 4) is 17.6 Å². The van der Waals surface area contributed by atoms with Crippen LogP contribution in [0.2, 0.25) is 0 Å². The lowest BCUT2D eigenvalue weighted by atomic mass is 10.1. The molecule has 0 aliphatic rings. The second kappa shape index (κ2) is 9.07. The molecule has 0 heterocycles. The number of carbonyl (C=O) groups is 1. The van der Waals surface area contributed by atoms with Crippen LogP contribution >= 0.6 is 15.9 Å². The smallest absolute Gasteiger partial charge is 0.250 e. The van der Waals surface area contributed by atoms with Gasteiger partial charge < -0.3 is 14.4 Å². The highest BCUT2D eigenvalue weighted by Crippen LogP contribution is 2.28. The average molecular weight is 415 g/mol. The van der Waals surface area contributed by atoms with Crippen LogP contribution in [0.3, 0.4) is 0 Å². The fraction of sp³-hybridized carbons (Fsp3) is 0.200. The van der Waals surface area contributed by atoms with Gasteiger partial charge in [0, 0.05) is 23.3 Å². The van der Waals surface area contributed by atoms with Crippen molar-refractivity contribution in [2.45, 2.75) is 6.92 Å². The normalized spacial score (nSPS) is 10.4. The SMILES string of the molecule is COc1cc(/C=C/C(=O)N(C)c2ccc(Br)c(C)c2)ccc1OCC#N. The number of nitrogens with zero attached hydrogens (tertiary/aromatic N) is 2. The lowest BCUT2D eigenvalue weighted by Crippen LogP contribution is -2.23. The van der Waals surface area contributed by atoms with Gasteiger partial charge in [0.15, 0.2) is 18.1 Å². The van der Waals surface area contributed by atoms with Crippen molar-refractivity contribution in [1.29, 1.82) is 5.26 Å². The Hall–Kier alpha value is -2.78. The van der Waals surface area contributed by atoms with Crippen LogP contribution in [0.25, 0.3) is 6.08 Å². The van der Waals surface area contributed by atoms with Crippen LogP contribution in [-0.2, 0) is 4.79 Å². The molecule has 0 aromatic heterocycles. The van der Waals surface area contributed by atoms with Crippen molar-refractivity contribution >= 4 is 33.6 Å². The van der Waals surface area contributed by atoms with Gasteiger partial charge in [-0.3, -0.25) is 4.79 Å². The lowest BCUT2D eigenvalue weighted by molar-refractivity contribution is -0.113. The Kier molecular flexibility index (Phi) is 6.81. The largest absolute Gasteiger partial charge is 0.493 e. The minimum absolute atomic E-state index is 0.0541. The summed E-state index contributed by atoms with van der Waals surface area (Å²) in [6.45, 7) is 1.92. The summed E-state index contributed by atoms with van der Waals surface area (Å²) in [6.07, 6.45) is 3.21. The van der Waals surface area contributed by atoms with E-state index in [0.29, 0.717) is 11.5 Å². The molecule has 134 valence electrons. The van der Waals surface area contributed by atoms with E-state index in [1.165, 1.54) is 13.2 Å². The Labute approximate surface area is 161 Å². The minimum Gasteiger partial charge on any atom is -0.493 e. The molecule has 0 atom stereocenters. The number of ether oxygens (including phenoxy) is 2. The molecular formula is C20H19BrN2O3. The molecule has 0 bridgehead atoms. The van der Waals surface area contributed by atoms with Crippen LogP contribution in [0.15, 0.2) is 46.9 Å². The minimum atomic E-state index is -0.143. The van der Waals surface area contributed by atoms with Gasteiger partial charge in [0.05, 0.1) is 7.11 Å². The van der Waals surface area contributed by atoms with Crippen molar-refractivity contribution in [1.82, 2.24) is 0 Å². The highest BCUT2D eigenvalue weighted by atomic mass is 79.9. The standard InChI is InChI=1S/C20H19BrN2O3/c1-14-12-16(6-7-17(14)21)23(2)20(24)9-5-15-4-8-18(26-11-10-22)19(13-15)25-3/h4-9,12-13H,11H2,1-3H3/b9-5+. The monoisotopic (exact) mass is 414 g/mol. The molecule has 0 fully saturated rings. The fourth-order valence-corrected chi connectivity index (χ4v) is 2.51. The Morgan fingerprint density at radius 1 is 1.27 bits per heavy atom. The first kappa shape index (κ1) is 19.5. The molecule has 2 aromatic carbocycles. The van der Waals surface area contributed by atoms with E-state index in [2.05, 4.69) is 15.9 Å². The molecule has 5 nitrogen and oxygen atoms in total. The zero-order chi connectivity index (χ0) is 19.1. The highest BCUT2D eigenvalue weighted by molar-refractivity contribution is 9.10. The number of nitriles is 1. The molecule has 0 aliphatic heterocycles. The molecule has 6 heteroatoms. The van der Waals surface area contributed by atoms with Crippen LogP contribution in [0.4, 0.5) is 5.69 Å². The molecule has 26 heavy (non-hydrogen) atoms. The van der Waals surface area contributed by atoms with Gasteiger partial charge in [-0.1, -0.05) is 22.0 Å². The third kappa shape index (κ3) is 4.87. The van der Waals surface area contributed by atoms with Gasteiger partial charge in [-0.15, -0.1) is 0 Å². The van der Waals surface area contributed by atoms with Gasteiger partial charge in [-0.2, -0.15) is 5.26 Å². The first-order chi connectivity index (χ1) is 12.5. The molecule has 0 radical (unpaired) electrons. The van der Waals surface area contributed by atoms with E-state index in [4.69, 9.17) is 14.7 Å². The van der Waals surface area contributed by atoms with E-state index in [1.54, 1.807) is 36.2 Å². The van der Waals surface area contributed by atoms with E-state index in [9.17, 15) is 4.79 Å². The van der Waals surface area contributed by atoms with Crippen molar-refractivity contribution < 1.29 is 14.3 Å². The number of hydrogen-bond acceptors (Lipinski definition) is 4. The van der Waals surface area contributed by atoms with Crippen LogP contribution < -0.4 is 14.4 Å². The predicted octanol–water partition coefficient (Wildman–Crippen LogP) is 4.34. The fourth-order valence-electron chi connectivity index (χ4n) is 2.26. The van der Waals surface area contributed by atoms with E-state index in [-0.39, 0.29) is 12.5 Å². The van der Waals surface area contributed by atoms with Gasteiger partial charge in [0.1, 0.15) is 6.07 Å². The van der Waals surface area contributed by atoms with Crippen LogP contribution in [0, 0.1) is 18.3 Å². The van der Waals surface area contributed by atoms with E-state index < -0.39 is 0 Å². The summed E-state index contributed by atoms with van der Waals surface area (Å²) in [7, 11) is 3.26. The van der Waals surface area contributed by atoms with Gasteiger partial charge in [-0.25, -0.2) is 0 Å². The Morgan fingerprint density at radius 3 is 2.69 bits per heavy atom. The van der Waals surface area contributed by atoms with E-state index in [1.807, 2.05) is 31.2 Å². The predicted molar refractivity (Wildman–Crippen MR) is 105 cm³/mol. The third-order valence-electron chi connectivity index (χ3n) is 3.76. The molecule has 0 saturated heterocycles. The molecule has 0 aliphatic carbocycles. The molecule has 0 N–H and O–H groups in total. The zero-order valence-electron chi connectivity index (χ0n) is 14.8. The molecule has 0 spiro atoms. The number of benzene rings is 2. The number of anilines is 1. The summed E-state index contributed by atoms with van der Waals surface area (Å²) in [5, 5.41) is 8.60. The highest BCUT2D eigenvalue weighted by Gasteiger charge is 2.09. The second-order valence-electron chi connectivity index (χ2n) is 5.52. The Balaban J connectivity index is 2.14. The van der Waals surface area contributed by atoms with Gasteiger partial charge >= 0.3 is 0 Å². The summed E-state index contributed by atoms with van der Waals surface area (Å²) in [5.74, 6) is 0.849. The van der Waals surface area contributed by atoms with E-state index >= 15 is 0 Å². The molecular weight excluding hydrogens is 396 g/mol. The first-order valence-corrected chi connectivity index (χ1v) is 8.65. The number of amides is 1. The molecule has 2 rings (SSSR count). The Bertz CT molecular complexity index is 872. The summed E-state index contributed by atoms with van der Waals surface area (Å²) >= 11 is 3.45. The number of likely N-dealkylation sites (N-methyl/N-ethyl adjacent to an activating group) is 1. The molecule has 2 aromatic rings. The van der Waals surface area contributed by atoms with E-state index in [0.717, 1.165) is 21.3 Å². The zero-order valence-corrected chi connectivity index (χ0v) is 16.4. The second-order valence-corrected chi connectivity index (χ2v) is 6.38. The van der Waals surface area contributed by atoms with Crippen molar-refractivity contribution in [3.05, 3.63) is 58.1 Å². The number of rotatable bonds is 6. The van der Waals surface area contributed by atoms with Crippen LogP contribution in [0.1, 0.15) is 11.1 Å². The maximum atomic E-state index is 12.4. The van der Waals surface area contributed by atoms with Gasteiger partial charge in [-0.05, 0) is 54.5 Å². The summed E-state index contributed by atoms with van der Waals surface area (Å²) in [6, 6.07) is 12.9. The number of aryl methyl sites for hydroxylation is 1.